The fourth-order valence-electron chi connectivity index (χ4n) is 3.57. The molecule has 2 amide bonds. The molecule has 0 aliphatic heterocycles. The maximum Gasteiger partial charge on any atom is 0.242 e. The molecular formula is C26H24Cl3FN2O2S. The minimum absolute atomic E-state index is 0.00895. The first-order valence-electron chi connectivity index (χ1n) is 10.8. The molecule has 9 heteroatoms. The predicted octanol–water partition coefficient (Wildman–Crippen LogP) is 6.41. The molecule has 0 unspecified atom stereocenters. The van der Waals surface area contributed by atoms with Gasteiger partial charge in [0.25, 0.3) is 0 Å². The lowest BCUT2D eigenvalue weighted by atomic mass is 10.0. The van der Waals surface area contributed by atoms with Crippen molar-refractivity contribution in [2.24, 2.45) is 0 Å². The van der Waals surface area contributed by atoms with E-state index in [0.29, 0.717) is 32.6 Å². The zero-order valence-electron chi connectivity index (χ0n) is 18.9. The van der Waals surface area contributed by atoms with Crippen LogP contribution < -0.4 is 5.32 Å². The van der Waals surface area contributed by atoms with E-state index >= 15 is 0 Å². The van der Waals surface area contributed by atoms with E-state index < -0.39 is 11.9 Å². The zero-order chi connectivity index (χ0) is 25.4. The zero-order valence-corrected chi connectivity index (χ0v) is 22.0. The van der Waals surface area contributed by atoms with Gasteiger partial charge in [0.1, 0.15) is 11.9 Å². The maximum absolute atomic E-state index is 14.2. The first-order valence-corrected chi connectivity index (χ1v) is 13.1. The average Bonchev–Trinajstić information content (AvgIpc) is 2.84. The van der Waals surface area contributed by atoms with Crippen molar-refractivity contribution in [1.82, 2.24) is 10.2 Å². The molecule has 0 aromatic heterocycles. The number of thioether (sulfide) groups is 1. The molecular weight excluding hydrogens is 530 g/mol. The quantitative estimate of drug-likeness (QED) is 0.316. The molecule has 0 saturated heterocycles. The monoisotopic (exact) mass is 552 g/mol. The van der Waals surface area contributed by atoms with Crippen molar-refractivity contribution in [3.63, 3.8) is 0 Å². The highest BCUT2D eigenvalue weighted by atomic mass is 35.5. The third kappa shape index (κ3) is 7.37. The van der Waals surface area contributed by atoms with E-state index in [0.717, 1.165) is 5.56 Å². The summed E-state index contributed by atoms with van der Waals surface area (Å²) in [5.41, 5.74) is 1.78. The fourth-order valence-corrected chi connectivity index (χ4v) is 5.33. The summed E-state index contributed by atoms with van der Waals surface area (Å²) in [6.45, 7) is 0.0449. The molecule has 0 spiro atoms. The number of nitrogens with one attached hydrogen (secondary N) is 1. The first kappa shape index (κ1) is 27.3. The van der Waals surface area contributed by atoms with Gasteiger partial charge in [0, 0.05) is 52.0 Å². The molecule has 0 fully saturated rings. The number of rotatable bonds is 10. The lowest BCUT2D eigenvalue weighted by Crippen LogP contribution is -2.50. The number of benzene rings is 3. The van der Waals surface area contributed by atoms with Crippen LogP contribution in [0.15, 0.2) is 66.7 Å². The van der Waals surface area contributed by atoms with Gasteiger partial charge < -0.3 is 10.2 Å². The molecule has 0 saturated carbocycles. The molecule has 0 aliphatic rings. The Hall–Kier alpha value is -2.25. The lowest BCUT2D eigenvalue weighted by Gasteiger charge is -2.31. The molecule has 0 radical (unpaired) electrons. The van der Waals surface area contributed by atoms with Gasteiger partial charge in [0.05, 0.1) is 5.75 Å². The van der Waals surface area contributed by atoms with Crippen molar-refractivity contribution in [1.29, 1.82) is 0 Å². The Morgan fingerprint density at radius 3 is 2.11 bits per heavy atom. The topological polar surface area (TPSA) is 49.4 Å². The van der Waals surface area contributed by atoms with Gasteiger partial charge in [-0.3, -0.25) is 9.59 Å². The summed E-state index contributed by atoms with van der Waals surface area (Å²) in [7, 11) is 1.53. The number of likely N-dealkylation sites (N-methyl/N-ethyl adjacent to an activating group) is 1. The van der Waals surface area contributed by atoms with Crippen molar-refractivity contribution >= 4 is 58.4 Å². The Morgan fingerprint density at radius 1 is 0.914 bits per heavy atom. The molecule has 1 atom stereocenters. The van der Waals surface area contributed by atoms with Crippen LogP contribution in [-0.2, 0) is 28.3 Å². The Kier molecular flexibility index (Phi) is 10.3. The van der Waals surface area contributed by atoms with Crippen molar-refractivity contribution in [3.05, 3.63) is 104 Å². The van der Waals surface area contributed by atoms with Crippen LogP contribution in [0.1, 0.15) is 16.7 Å². The Bertz CT molecular complexity index is 1140. The van der Waals surface area contributed by atoms with Crippen molar-refractivity contribution in [2.75, 3.05) is 12.8 Å². The number of halogens is 4. The lowest BCUT2D eigenvalue weighted by molar-refractivity contribution is -0.139. The maximum atomic E-state index is 14.2. The van der Waals surface area contributed by atoms with E-state index in [2.05, 4.69) is 5.32 Å². The molecule has 0 bridgehead atoms. The first-order chi connectivity index (χ1) is 16.8. The standard InChI is InChI=1S/C26H24Cl3FN2O2S/c1-31-26(34)24(13-17-7-3-2-4-8-17)32(14-18-20(27)9-5-10-21(18)28)25(33)16-35-15-19-22(29)11-6-12-23(19)30/h2-12,24H,13-16H2,1H3,(H,31,34)/t24-/m0/s1. The number of hydrogen-bond donors (Lipinski definition) is 1. The highest BCUT2D eigenvalue weighted by Crippen LogP contribution is 2.28. The van der Waals surface area contributed by atoms with Crippen LogP contribution in [-0.4, -0.2) is 35.6 Å². The Labute approximate surface area is 223 Å². The SMILES string of the molecule is CNC(=O)[C@H](Cc1ccccc1)N(Cc1c(Cl)cccc1Cl)C(=O)CSCc1c(F)cccc1Cl. The molecule has 3 aromatic carbocycles. The van der Waals surface area contributed by atoms with Gasteiger partial charge in [-0.1, -0.05) is 77.3 Å². The number of carbonyl (C=O) groups is 2. The molecule has 184 valence electrons. The van der Waals surface area contributed by atoms with Crippen LogP contribution >= 0.6 is 46.6 Å². The van der Waals surface area contributed by atoms with E-state index in [-0.39, 0.29) is 29.9 Å². The molecule has 0 heterocycles. The largest absolute Gasteiger partial charge is 0.357 e. The van der Waals surface area contributed by atoms with E-state index in [1.807, 2.05) is 30.3 Å². The van der Waals surface area contributed by atoms with E-state index in [9.17, 15) is 14.0 Å². The summed E-state index contributed by atoms with van der Waals surface area (Å²) in [6.07, 6.45) is 0.304. The number of carbonyl (C=O) groups excluding carboxylic acids is 2. The number of hydrogen-bond acceptors (Lipinski definition) is 3. The van der Waals surface area contributed by atoms with E-state index in [1.54, 1.807) is 24.3 Å². The summed E-state index contributed by atoms with van der Waals surface area (Å²) in [4.78, 5) is 27.9. The summed E-state index contributed by atoms with van der Waals surface area (Å²) in [5.74, 6) is -0.823. The molecule has 3 aromatic rings. The van der Waals surface area contributed by atoms with E-state index in [1.165, 1.54) is 35.8 Å². The average molecular weight is 554 g/mol. The van der Waals surface area contributed by atoms with Crippen molar-refractivity contribution < 1.29 is 14.0 Å². The smallest absolute Gasteiger partial charge is 0.242 e. The summed E-state index contributed by atoms with van der Waals surface area (Å²) < 4.78 is 14.2. The third-order valence-electron chi connectivity index (χ3n) is 5.44. The van der Waals surface area contributed by atoms with Gasteiger partial charge in [0.2, 0.25) is 11.8 Å². The molecule has 3 rings (SSSR count). The van der Waals surface area contributed by atoms with Gasteiger partial charge >= 0.3 is 0 Å². The Balaban J connectivity index is 1.88. The number of amides is 2. The van der Waals surface area contributed by atoms with Crippen molar-refractivity contribution in [2.45, 2.75) is 24.8 Å². The minimum atomic E-state index is -0.806. The van der Waals surface area contributed by atoms with Crippen LogP contribution in [0.25, 0.3) is 0 Å². The van der Waals surface area contributed by atoms with E-state index in [4.69, 9.17) is 34.8 Å². The predicted molar refractivity (Wildman–Crippen MR) is 143 cm³/mol. The Morgan fingerprint density at radius 2 is 1.51 bits per heavy atom. The summed E-state index contributed by atoms with van der Waals surface area (Å²) in [6, 6.07) is 18.2. The molecule has 0 aliphatic carbocycles. The molecule has 4 nitrogen and oxygen atoms in total. The second-order valence-electron chi connectivity index (χ2n) is 7.73. The molecule has 35 heavy (non-hydrogen) atoms. The molecule has 1 N–H and O–H groups in total. The van der Waals surface area contributed by atoms with Crippen LogP contribution in [0, 0.1) is 5.82 Å². The van der Waals surface area contributed by atoms with Crippen LogP contribution in [0.5, 0.6) is 0 Å². The second kappa shape index (κ2) is 13.2. The van der Waals surface area contributed by atoms with Gasteiger partial charge in [-0.2, -0.15) is 0 Å². The summed E-state index contributed by atoms with van der Waals surface area (Å²) >= 11 is 20.1. The van der Waals surface area contributed by atoms with Gasteiger partial charge in [-0.25, -0.2) is 4.39 Å². The van der Waals surface area contributed by atoms with Gasteiger partial charge in [0.15, 0.2) is 0 Å². The highest BCUT2D eigenvalue weighted by Gasteiger charge is 2.30. The fraction of sp³-hybridized carbons (Fsp3) is 0.231. The van der Waals surface area contributed by atoms with Crippen LogP contribution in [0.2, 0.25) is 15.1 Å². The van der Waals surface area contributed by atoms with Crippen LogP contribution in [0.4, 0.5) is 4.39 Å². The summed E-state index contributed by atoms with van der Waals surface area (Å²) in [5, 5.41) is 3.76. The van der Waals surface area contributed by atoms with Crippen LogP contribution in [0.3, 0.4) is 0 Å². The van der Waals surface area contributed by atoms with Gasteiger partial charge in [-0.15, -0.1) is 11.8 Å². The normalized spacial score (nSPS) is 11.7. The second-order valence-corrected chi connectivity index (χ2v) is 9.94. The van der Waals surface area contributed by atoms with Crippen molar-refractivity contribution in [3.8, 4) is 0 Å². The third-order valence-corrected chi connectivity index (χ3v) is 7.45. The number of nitrogens with zero attached hydrogens (tertiary/aromatic N) is 1. The van der Waals surface area contributed by atoms with Gasteiger partial charge in [-0.05, 0) is 29.8 Å². The highest BCUT2D eigenvalue weighted by molar-refractivity contribution is 7.99. The minimum Gasteiger partial charge on any atom is -0.357 e.